The third-order valence-electron chi connectivity index (χ3n) is 10.7. The van der Waals surface area contributed by atoms with Crippen LogP contribution in [0.1, 0.15) is 77.6 Å². The first kappa shape index (κ1) is 36.8. The lowest BCUT2D eigenvalue weighted by Gasteiger charge is -2.32. The molecule has 276 valence electrons. The SMILES string of the molecule is COc1ccc2c(OC3CC4C(=O)NC(C)(C(=O)O)C/C=C/CCCCCC(CC(=O)N5CCCCC5)C(=O)N4C3)cc(-c3ccccc3)nc2c1. The van der Waals surface area contributed by atoms with E-state index in [0.717, 1.165) is 55.9 Å². The number of methoxy groups -OCH3 is 1. The number of allylic oxidation sites excluding steroid dienone is 1. The Hall–Kier alpha value is -4.93. The van der Waals surface area contributed by atoms with E-state index in [1.165, 1.54) is 11.8 Å². The number of hydrogen-bond acceptors (Lipinski definition) is 7. The van der Waals surface area contributed by atoms with Crippen molar-refractivity contribution in [1.82, 2.24) is 20.1 Å². The van der Waals surface area contributed by atoms with Crippen LogP contribution in [-0.2, 0) is 19.2 Å². The molecular formula is C41H50N4O7. The minimum Gasteiger partial charge on any atom is -0.497 e. The second-order valence-electron chi connectivity index (χ2n) is 14.5. The Bertz CT molecular complexity index is 1790. The van der Waals surface area contributed by atoms with Crippen LogP contribution in [0.3, 0.4) is 0 Å². The maximum atomic E-state index is 14.6. The second-order valence-corrected chi connectivity index (χ2v) is 14.5. The smallest absolute Gasteiger partial charge is 0.329 e. The average molecular weight is 711 g/mol. The van der Waals surface area contributed by atoms with E-state index in [4.69, 9.17) is 14.5 Å². The number of nitrogens with zero attached hydrogens (tertiary/aromatic N) is 3. The van der Waals surface area contributed by atoms with Crippen LogP contribution < -0.4 is 14.8 Å². The molecule has 3 aliphatic heterocycles. The van der Waals surface area contributed by atoms with Gasteiger partial charge in [-0.15, -0.1) is 0 Å². The molecule has 3 aliphatic rings. The summed E-state index contributed by atoms with van der Waals surface area (Å²) < 4.78 is 12.2. The normalized spacial score (nSPS) is 25.4. The van der Waals surface area contributed by atoms with Gasteiger partial charge in [0.2, 0.25) is 17.7 Å². The van der Waals surface area contributed by atoms with Crippen LogP contribution in [0.5, 0.6) is 11.5 Å². The van der Waals surface area contributed by atoms with Gasteiger partial charge >= 0.3 is 5.97 Å². The summed E-state index contributed by atoms with van der Waals surface area (Å²) in [4.78, 5) is 63.1. The van der Waals surface area contributed by atoms with Gasteiger partial charge in [-0.25, -0.2) is 9.78 Å². The molecule has 0 radical (unpaired) electrons. The minimum absolute atomic E-state index is 0.0301. The van der Waals surface area contributed by atoms with Gasteiger partial charge in [0.25, 0.3) is 0 Å². The zero-order valence-corrected chi connectivity index (χ0v) is 30.2. The summed E-state index contributed by atoms with van der Waals surface area (Å²) in [5.41, 5.74) is 0.683. The van der Waals surface area contributed by atoms with Gasteiger partial charge < -0.3 is 29.7 Å². The third-order valence-corrected chi connectivity index (χ3v) is 10.7. The van der Waals surface area contributed by atoms with Gasteiger partial charge in [0.15, 0.2) is 0 Å². The monoisotopic (exact) mass is 710 g/mol. The zero-order chi connectivity index (χ0) is 36.7. The second kappa shape index (κ2) is 16.6. The van der Waals surface area contributed by atoms with Gasteiger partial charge in [0.1, 0.15) is 29.2 Å². The molecule has 4 atom stereocenters. The molecule has 0 saturated carbocycles. The quantitative estimate of drug-likeness (QED) is 0.279. The Kier molecular flexibility index (Phi) is 11.8. The first-order valence-corrected chi connectivity index (χ1v) is 18.6. The van der Waals surface area contributed by atoms with E-state index < -0.39 is 35.5 Å². The van der Waals surface area contributed by atoms with Crippen molar-refractivity contribution >= 4 is 34.6 Å². The number of piperidine rings is 1. The van der Waals surface area contributed by atoms with E-state index in [0.29, 0.717) is 42.2 Å². The number of ether oxygens (including phenoxy) is 2. The Morgan fingerprint density at radius 1 is 0.981 bits per heavy atom. The van der Waals surface area contributed by atoms with Crippen LogP contribution in [0.15, 0.2) is 66.7 Å². The lowest BCUT2D eigenvalue weighted by Crippen LogP contribution is -2.57. The topological polar surface area (TPSA) is 138 Å². The molecule has 11 nitrogen and oxygen atoms in total. The first-order valence-electron chi connectivity index (χ1n) is 18.6. The maximum Gasteiger partial charge on any atom is 0.329 e. The summed E-state index contributed by atoms with van der Waals surface area (Å²) >= 11 is 0. The molecule has 0 aliphatic carbocycles. The highest BCUT2D eigenvalue weighted by Crippen LogP contribution is 2.35. The molecule has 0 spiro atoms. The van der Waals surface area contributed by atoms with Gasteiger partial charge in [-0.05, 0) is 64.0 Å². The van der Waals surface area contributed by atoms with Crippen molar-refractivity contribution in [3.63, 3.8) is 0 Å². The highest BCUT2D eigenvalue weighted by atomic mass is 16.5. The van der Waals surface area contributed by atoms with Crippen molar-refractivity contribution < 1.29 is 33.8 Å². The number of pyridine rings is 1. The van der Waals surface area contributed by atoms with Crippen molar-refractivity contribution in [3.8, 4) is 22.8 Å². The number of carbonyl (C=O) groups is 4. The summed E-state index contributed by atoms with van der Waals surface area (Å²) in [5, 5.41) is 13.7. The fourth-order valence-corrected chi connectivity index (χ4v) is 7.56. The van der Waals surface area contributed by atoms with Crippen molar-refractivity contribution in [1.29, 1.82) is 0 Å². The largest absolute Gasteiger partial charge is 0.497 e. The predicted molar refractivity (Wildman–Crippen MR) is 198 cm³/mol. The van der Waals surface area contributed by atoms with Crippen LogP contribution >= 0.6 is 0 Å². The number of rotatable bonds is 7. The molecule has 3 amide bonds. The van der Waals surface area contributed by atoms with Gasteiger partial charge in [-0.2, -0.15) is 0 Å². The van der Waals surface area contributed by atoms with E-state index in [1.54, 1.807) is 7.11 Å². The maximum absolute atomic E-state index is 14.6. The van der Waals surface area contributed by atoms with Crippen molar-refractivity contribution in [2.75, 3.05) is 26.7 Å². The van der Waals surface area contributed by atoms with Gasteiger partial charge in [0, 0.05) is 54.9 Å². The molecule has 2 aromatic carbocycles. The molecular weight excluding hydrogens is 660 g/mol. The molecule has 6 rings (SSSR count). The molecule has 52 heavy (non-hydrogen) atoms. The minimum atomic E-state index is -1.57. The number of amides is 3. The fourth-order valence-electron chi connectivity index (χ4n) is 7.56. The standard InChI is InChI=1S/C41H50N4O7/c1-41(40(49)50)20-12-6-4-3-5-9-17-29(23-37(46)44-21-13-8-14-22-44)39(48)45-27-31(25-35(45)38(47)43-41)52-36-26-33(28-15-10-7-11-16-28)42-34-24-30(51-2)18-19-32(34)36/h6-7,10-12,15-16,18-19,24,26,29,31,35H,3-5,8-9,13-14,17,20-23,25,27H2,1-2H3,(H,43,47)(H,49,50)/b12-6+. The van der Waals surface area contributed by atoms with Crippen LogP contribution in [0.4, 0.5) is 0 Å². The lowest BCUT2D eigenvalue weighted by atomic mass is 9.94. The number of hydrogen-bond donors (Lipinski definition) is 2. The van der Waals surface area contributed by atoms with E-state index >= 15 is 0 Å². The van der Waals surface area contributed by atoms with Crippen LogP contribution in [0.25, 0.3) is 22.2 Å². The van der Waals surface area contributed by atoms with Gasteiger partial charge in [-0.3, -0.25) is 14.4 Å². The highest BCUT2D eigenvalue weighted by molar-refractivity contribution is 5.94. The molecule has 4 unspecified atom stereocenters. The van der Waals surface area contributed by atoms with E-state index in [-0.39, 0.29) is 37.6 Å². The summed E-state index contributed by atoms with van der Waals surface area (Å²) in [6.45, 7) is 2.99. The van der Waals surface area contributed by atoms with Gasteiger partial charge in [0.05, 0.1) is 24.9 Å². The van der Waals surface area contributed by atoms with Crippen LogP contribution in [0, 0.1) is 5.92 Å². The number of fused-ring (bicyclic) bond motifs is 2. The molecule has 2 saturated heterocycles. The Morgan fingerprint density at radius 3 is 2.50 bits per heavy atom. The van der Waals surface area contributed by atoms with E-state index in [2.05, 4.69) is 5.32 Å². The molecule has 0 bridgehead atoms. The number of benzene rings is 2. The van der Waals surface area contributed by atoms with Crippen molar-refractivity contribution in [2.45, 2.75) is 95.2 Å². The van der Waals surface area contributed by atoms with Crippen LogP contribution in [0.2, 0.25) is 0 Å². The van der Waals surface area contributed by atoms with E-state index in [9.17, 15) is 24.3 Å². The Balaban J connectivity index is 1.34. The molecule has 3 aromatic rings. The van der Waals surface area contributed by atoms with Crippen molar-refractivity contribution in [2.24, 2.45) is 5.92 Å². The zero-order valence-electron chi connectivity index (χ0n) is 30.2. The number of likely N-dealkylation sites (tertiary alicyclic amines) is 1. The molecule has 1 aromatic heterocycles. The summed E-state index contributed by atoms with van der Waals surface area (Å²) in [5.74, 6) is -1.42. The fraction of sp³-hybridized carbons (Fsp3) is 0.488. The first-order chi connectivity index (χ1) is 25.1. The predicted octanol–water partition coefficient (Wildman–Crippen LogP) is 6.15. The van der Waals surface area contributed by atoms with Crippen LogP contribution in [-0.4, -0.2) is 88.0 Å². The number of aromatic nitrogens is 1. The Morgan fingerprint density at radius 2 is 1.75 bits per heavy atom. The number of carbonyl (C=O) groups excluding carboxylic acids is 3. The summed E-state index contributed by atoms with van der Waals surface area (Å²) in [6, 6.07) is 16.2. The molecule has 2 fully saturated rings. The summed E-state index contributed by atoms with van der Waals surface area (Å²) in [7, 11) is 1.60. The number of carboxylic acids is 1. The molecule has 11 heteroatoms. The molecule has 4 heterocycles. The number of carboxylic acid groups (broad SMARTS) is 1. The Labute approximate surface area is 305 Å². The lowest BCUT2D eigenvalue weighted by molar-refractivity contribution is -0.149. The highest BCUT2D eigenvalue weighted by Gasteiger charge is 2.46. The average Bonchev–Trinajstić information content (AvgIpc) is 3.58. The molecule has 2 N–H and O–H groups in total. The number of aliphatic carboxylic acids is 1. The summed E-state index contributed by atoms with van der Waals surface area (Å²) in [6.07, 6.45) is 10.3. The van der Waals surface area contributed by atoms with E-state index in [1.807, 2.05) is 71.6 Å². The van der Waals surface area contributed by atoms with Gasteiger partial charge in [-0.1, -0.05) is 55.3 Å². The van der Waals surface area contributed by atoms with Crippen molar-refractivity contribution in [3.05, 3.63) is 66.7 Å². The third kappa shape index (κ3) is 8.57. The number of nitrogens with one attached hydrogen (secondary N) is 1.